The molecule has 0 heterocycles. The summed E-state index contributed by atoms with van der Waals surface area (Å²) < 4.78 is 0. The molecule has 182 valence electrons. The first-order valence-electron chi connectivity index (χ1n) is 14.1. The Balaban J connectivity index is 3.77. The Kier molecular flexibility index (Phi) is 17.5. The molecule has 0 nitrogen and oxygen atoms in total. The van der Waals surface area contributed by atoms with E-state index in [1.807, 2.05) is 0 Å². The standard InChI is InChI=1S/C30H62/c1-9-10-11-12-13-14-15-23-29(5,6)24-16-17-25-30(7,8)26-19-22-28(4)21-18-20-27(2)3/h27-28H,9-26H2,1-8H3. The van der Waals surface area contributed by atoms with Crippen molar-refractivity contribution in [3.05, 3.63) is 0 Å². The van der Waals surface area contributed by atoms with Crippen molar-refractivity contribution in [3.63, 3.8) is 0 Å². The first-order chi connectivity index (χ1) is 14.1. The summed E-state index contributed by atoms with van der Waals surface area (Å²) in [6.45, 7) is 19.5. The normalized spacial score (nSPS) is 13.9. The van der Waals surface area contributed by atoms with E-state index >= 15 is 0 Å². The van der Waals surface area contributed by atoms with Gasteiger partial charge in [-0.1, -0.05) is 145 Å². The smallest absolute Gasteiger partial charge is 0.0354 e. The first-order valence-corrected chi connectivity index (χ1v) is 14.1. The molecule has 0 amide bonds. The highest BCUT2D eigenvalue weighted by Gasteiger charge is 2.20. The molecule has 0 heteroatoms. The van der Waals surface area contributed by atoms with Gasteiger partial charge in [-0.25, -0.2) is 0 Å². The topological polar surface area (TPSA) is 0 Å². The van der Waals surface area contributed by atoms with E-state index in [9.17, 15) is 0 Å². The van der Waals surface area contributed by atoms with Crippen molar-refractivity contribution in [1.82, 2.24) is 0 Å². The summed E-state index contributed by atoms with van der Waals surface area (Å²) in [6, 6.07) is 0. The highest BCUT2D eigenvalue weighted by Crippen LogP contribution is 2.34. The third-order valence-electron chi connectivity index (χ3n) is 7.44. The van der Waals surface area contributed by atoms with Gasteiger partial charge in [-0.15, -0.1) is 0 Å². The molecule has 0 aromatic heterocycles. The number of rotatable bonds is 21. The van der Waals surface area contributed by atoms with Crippen LogP contribution in [0.5, 0.6) is 0 Å². The van der Waals surface area contributed by atoms with Gasteiger partial charge in [0.2, 0.25) is 0 Å². The minimum absolute atomic E-state index is 0.542. The van der Waals surface area contributed by atoms with Gasteiger partial charge in [0.15, 0.2) is 0 Å². The Morgan fingerprint density at radius 2 is 0.867 bits per heavy atom. The van der Waals surface area contributed by atoms with E-state index in [1.165, 1.54) is 116 Å². The van der Waals surface area contributed by atoms with E-state index in [2.05, 4.69) is 55.4 Å². The molecule has 30 heavy (non-hydrogen) atoms. The predicted molar refractivity (Wildman–Crippen MR) is 140 cm³/mol. The maximum Gasteiger partial charge on any atom is -0.0354 e. The third-order valence-corrected chi connectivity index (χ3v) is 7.44. The summed E-state index contributed by atoms with van der Waals surface area (Å²) in [4.78, 5) is 0. The average molecular weight is 423 g/mol. The van der Waals surface area contributed by atoms with Crippen molar-refractivity contribution in [2.45, 2.75) is 171 Å². The zero-order chi connectivity index (χ0) is 22.9. The summed E-state index contributed by atoms with van der Waals surface area (Å²) >= 11 is 0. The van der Waals surface area contributed by atoms with Crippen LogP contribution in [0.25, 0.3) is 0 Å². The highest BCUT2D eigenvalue weighted by atomic mass is 14.3. The van der Waals surface area contributed by atoms with Crippen molar-refractivity contribution in [1.29, 1.82) is 0 Å². The second-order valence-corrected chi connectivity index (χ2v) is 12.7. The van der Waals surface area contributed by atoms with Gasteiger partial charge < -0.3 is 0 Å². The molecule has 0 aromatic carbocycles. The summed E-state index contributed by atoms with van der Waals surface area (Å²) in [6.07, 6.45) is 25.7. The second kappa shape index (κ2) is 17.5. The lowest BCUT2D eigenvalue weighted by Gasteiger charge is -2.28. The molecule has 0 aliphatic carbocycles. The van der Waals surface area contributed by atoms with Gasteiger partial charge >= 0.3 is 0 Å². The summed E-state index contributed by atoms with van der Waals surface area (Å²) in [5.74, 6) is 1.80. The van der Waals surface area contributed by atoms with Crippen LogP contribution >= 0.6 is 0 Å². The first kappa shape index (κ1) is 30.0. The number of unbranched alkanes of at least 4 members (excludes halogenated alkanes) is 7. The van der Waals surface area contributed by atoms with Crippen molar-refractivity contribution in [2.24, 2.45) is 22.7 Å². The Morgan fingerprint density at radius 1 is 0.467 bits per heavy atom. The Morgan fingerprint density at radius 3 is 1.37 bits per heavy atom. The number of hydrogen-bond donors (Lipinski definition) is 0. The summed E-state index contributed by atoms with van der Waals surface area (Å²) in [5.41, 5.74) is 1.10. The van der Waals surface area contributed by atoms with Crippen molar-refractivity contribution in [3.8, 4) is 0 Å². The fraction of sp³-hybridized carbons (Fsp3) is 1.00. The second-order valence-electron chi connectivity index (χ2n) is 12.7. The van der Waals surface area contributed by atoms with Crippen LogP contribution in [0.1, 0.15) is 171 Å². The molecule has 0 aliphatic rings. The van der Waals surface area contributed by atoms with E-state index < -0.39 is 0 Å². The average Bonchev–Trinajstić information content (AvgIpc) is 2.64. The third kappa shape index (κ3) is 19.9. The SMILES string of the molecule is CCCCCCCCCC(C)(C)CCCCC(C)(C)CCCC(C)CCCC(C)C. The van der Waals surface area contributed by atoms with E-state index in [0.29, 0.717) is 10.8 Å². The van der Waals surface area contributed by atoms with E-state index in [4.69, 9.17) is 0 Å². The zero-order valence-electron chi connectivity index (χ0n) is 22.9. The molecular weight excluding hydrogens is 360 g/mol. The van der Waals surface area contributed by atoms with Gasteiger partial charge in [0.25, 0.3) is 0 Å². The highest BCUT2D eigenvalue weighted by molar-refractivity contribution is 4.73. The lowest BCUT2D eigenvalue weighted by Crippen LogP contribution is -2.14. The van der Waals surface area contributed by atoms with Crippen LogP contribution in [0, 0.1) is 22.7 Å². The van der Waals surface area contributed by atoms with Crippen molar-refractivity contribution in [2.75, 3.05) is 0 Å². The summed E-state index contributed by atoms with van der Waals surface area (Å²) in [7, 11) is 0. The summed E-state index contributed by atoms with van der Waals surface area (Å²) in [5, 5.41) is 0. The Hall–Kier alpha value is 0. The molecule has 0 aromatic rings. The van der Waals surface area contributed by atoms with Crippen LogP contribution in [-0.2, 0) is 0 Å². The van der Waals surface area contributed by atoms with Gasteiger partial charge in [-0.2, -0.15) is 0 Å². The molecule has 0 saturated carbocycles. The van der Waals surface area contributed by atoms with Gasteiger partial charge in [0, 0.05) is 0 Å². The van der Waals surface area contributed by atoms with Crippen molar-refractivity contribution < 1.29 is 0 Å². The number of hydrogen-bond acceptors (Lipinski definition) is 0. The maximum atomic E-state index is 2.51. The van der Waals surface area contributed by atoms with Crippen LogP contribution in [0.4, 0.5) is 0 Å². The van der Waals surface area contributed by atoms with Crippen molar-refractivity contribution >= 4 is 0 Å². The van der Waals surface area contributed by atoms with Crippen LogP contribution in [-0.4, -0.2) is 0 Å². The largest absolute Gasteiger partial charge is 0.0654 e. The van der Waals surface area contributed by atoms with Crippen LogP contribution in [0.3, 0.4) is 0 Å². The van der Waals surface area contributed by atoms with Gasteiger partial charge in [-0.3, -0.25) is 0 Å². The predicted octanol–water partition coefficient (Wildman–Crippen LogP) is 11.4. The quantitative estimate of drug-likeness (QED) is 0.161. The zero-order valence-corrected chi connectivity index (χ0v) is 22.9. The monoisotopic (exact) mass is 422 g/mol. The lowest BCUT2D eigenvalue weighted by atomic mass is 9.78. The molecule has 0 fully saturated rings. The molecule has 0 bridgehead atoms. The minimum atomic E-state index is 0.542. The molecule has 0 rings (SSSR count). The van der Waals surface area contributed by atoms with Crippen LogP contribution < -0.4 is 0 Å². The fourth-order valence-electron chi connectivity index (χ4n) is 4.97. The lowest BCUT2D eigenvalue weighted by molar-refractivity contribution is 0.248. The van der Waals surface area contributed by atoms with E-state index in [-0.39, 0.29) is 0 Å². The molecule has 0 radical (unpaired) electrons. The maximum absolute atomic E-state index is 2.51. The molecule has 0 N–H and O–H groups in total. The van der Waals surface area contributed by atoms with Gasteiger partial charge in [0.05, 0.1) is 0 Å². The van der Waals surface area contributed by atoms with Gasteiger partial charge in [-0.05, 0) is 48.3 Å². The minimum Gasteiger partial charge on any atom is -0.0654 e. The van der Waals surface area contributed by atoms with E-state index in [1.54, 1.807) is 0 Å². The molecule has 0 spiro atoms. The Bertz CT molecular complexity index is 362. The van der Waals surface area contributed by atoms with Crippen LogP contribution in [0.15, 0.2) is 0 Å². The van der Waals surface area contributed by atoms with Crippen LogP contribution in [0.2, 0.25) is 0 Å². The molecule has 1 atom stereocenters. The van der Waals surface area contributed by atoms with Gasteiger partial charge in [0.1, 0.15) is 0 Å². The Labute approximate surface area is 193 Å². The fourth-order valence-corrected chi connectivity index (χ4v) is 4.97. The molecule has 0 aliphatic heterocycles. The molecule has 0 saturated heterocycles. The van der Waals surface area contributed by atoms with E-state index in [0.717, 1.165) is 11.8 Å². The molecule has 1 unspecified atom stereocenters. The molecular formula is C30H62.